The molecule has 0 spiro atoms. The van der Waals surface area contributed by atoms with Crippen LogP contribution in [0.25, 0.3) is 0 Å². The summed E-state index contributed by atoms with van der Waals surface area (Å²) in [5.41, 5.74) is 6.02. The van der Waals surface area contributed by atoms with Crippen molar-refractivity contribution in [2.75, 3.05) is 6.61 Å². The fraction of sp³-hybridized carbons (Fsp3) is 0.273. The van der Waals surface area contributed by atoms with E-state index < -0.39 is 0 Å². The lowest BCUT2D eigenvalue weighted by Crippen LogP contribution is -2.07. The molecule has 1 atom stereocenters. The molecule has 0 aliphatic heterocycles. The molecule has 0 aromatic heterocycles. The van der Waals surface area contributed by atoms with Crippen molar-refractivity contribution in [1.29, 1.82) is 0 Å². The summed E-state index contributed by atoms with van der Waals surface area (Å²) in [4.78, 5) is 0. The van der Waals surface area contributed by atoms with Crippen molar-refractivity contribution in [3.05, 3.63) is 29.6 Å². The molecule has 1 aromatic carbocycles. The van der Waals surface area contributed by atoms with E-state index in [-0.39, 0.29) is 18.5 Å². The normalized spacial score (nSPS) is 11.9. The maximum atomic E-state index is 13.3. The van der Waals surface area contributed by atoms with Gasteiger partial charge in [-0.3, -0.25) is 0 Å². The Morgan fingerprint density at radius 3 is 2.86 bits per heavy atom. The molecule has 3 heteroatoms. The van der Waals surface area contributed by atoms with Crippen LogP contribution in [-0.2, 0) is 0 Å². The summed E-state index contributed by atoms with van der Waals surface area (Å²) in [6.07, 6.45) is 5.00. The minimum atomic E-state index is -0.366. The molecule has 1 rings (SSSR count). The van der Waals surface area contributed by atoms with Gasteiger partial charge in [0.1, 0.15) is 18.2 Å². The third kappa shape index (κ3) is 2.48. The Labute approximate surface area is 82.9 Å². The second-order valence-electron chi connectivity index (χ2n) is 2.96. The van der Waals surface area contributed by atoms with Crippen molar-refractivity contribution in [1.82, 2.24) is 0 Å². The Hall–Kier alpha value is -1.53. The van der Waals surface area contributed by atoms with Gasteiger partial charge in [0.2, 0.25) is 0 Å². The van der Waals surface area contributed by atoms with Gasteiger partial charge in [-0.05, 0) is 13.0 Å². The van der Waals surface area contributed by atoms with Crippen LogP contribution < -0.4 is 10.5 Å². The number of terminal acetylenes is 1. The highest BCUT2D eigenvalue weighted by Crippen LogP contribution is 2.20. The van der Waals surface area contributed by atoms with Crippen LogP contribution in [0.15, 0.2) is 18.2 Å². The lowest BCUT2D eigenvalue weighted by molar-refractivity contribution is 0.367. The van der Waals surface area contributed by atoms with E-state index >= 15 is 0 Å². The van der Waals surface area contributed by atoms with Crippen LogP contribution in [0.2, 0.25) is 0 Å². The van der Waals surface area contributed by atoms with Gasteiger partial charge in [-0.15, -0.1) is 6.42 Å². The molecule has 0 heterocycles. The molecule has 0 aliphatic rings. The average Bonchev–Trinajstić information content (AvgIpc) is 2.14. The Bertz CT molecular complexity index is 355. The van der Waals surface area contributed by atoms with Crippen LogP contribution in [0.3, 0.4) is 0 Å². The molecule has 0 aliphatic carbocycles. The Kier molecular flexibility index (Phi) is 3.49. The summed E-state index contributed by atoms with van der Waals surface area (Å²) in [6, 6.07) is 4.22. The molecule has 74 valence electrons. The molecule has 2 N–H and O–H groups in total. The molecule has 0 fully saturated rings. The summed E-state index contributed by atoms with van der Waals surface area (Å²) in [7, 11) is 0. The zero-order valence-electron chi connectivity index (χ0n) is 7.96. The third-order valence-electron chi connectivity index (χ3n) is 1.78. The van der Waals surface area contributed by atoms with Crippen LogP contribution in [0.1, 0.15) is 18.5 Å². The van der Waals surface area contributed by atoms with E-state index in [1.807, 2.05) is 0 Å². The van der Waals surface area contributed by atoms with Crippen LogP contribution in [-0.4, -0.2) is 6.61 Å². The first-order chi connectivity index (χ1) is 6.65. The predicted molar refractivity (Wildman–Crippen MR) is 53.3 cm³/mol. The van der Waals surface area contributed by atoms with Gasteiger partial charge in [0, 0.05) is 17.7 Å². The van der Waals surface area contributed by atoms with E-state index in [2.05, 4.69) is 5.92 Å². The summed E-state index contributed by atoms with van der Waals surface area (Å²) >= 11 is 0. The number of hydrogen-bond donors (Lipinski definition) is 1. The third-order valence-corrected chi connectivity index (χ3v) is 1.78. The van der Waals surface area contributed by atoms with E-state index in [1.54, 1.807) is 19.1 Å². The van der Waals surface area contributed by atoms with E-state index in [4.69, 9.17) is 16.9 Å². The first-order valence-electron chi connectivity index (χ1n) is 4.26. The van der Waals surface area contributed by atoms with Gasteiger partial charge >= 0.3 is 0 Å². The van der Waals surface area contributed by atoms with Gasteiger partial charge in [0.25, 0.3) is 0 Å². The molecule has 0 unspecified atom stereocenters. The maximum absolute atomic E-state index is 13.3. The molecule has 2 nitrogen and oxygen atoms in total. The Morgan fingerprint density at radius 1 is 1.64 bits per heavy atom. The molecule has 0 bridgehead atoms. The van der Waals surface area contributed by atoms with Gasteiger partial charge < -0.3 is 10.5 Å². The van der Waals surface area contributed by atoms with Crippen molar-refractivity contribution < 1.29 is 9.13 Å². The first kappa shape index (κ1) is 10.6. The summed E-state index contributed by atoms with van der Waals surface area (Å²) < 4.78 is 18.4. The molecule has 1 aromatic rings. The van der Waals surface area contributed by atoms with E-state index in [9.17, 15) is 4.39 Å². The van der Waals surface area contributed by atoms with E-state index in [1.165, 1.54) is 6.07 Å². The van der Waals surface area contributed by atoms with Crippen molar-refractivity contribution in [2.45, 2.75) is 13.0 Å². The fourth-order valence-corrected chi connectivity index (χ4v) is 1.09. The van der Waals surface area contributed by atoms with Gasteiger partial charge in [-0.2, -0.15) is 0 Å². The SMILES string of the molecule is C#CCOc1ccc([C@H](C)N)c(F)c1. The summed E-state index contributed by atoms with van der Waals surface area (Å²) in [6.45, 7) is 1.86. The molecule has 0 saturated carbocycles. The Morgan fingerprint density at radius 2 is 2.36 bits per heavy atom. The number of rotatable bonds is 3. The average molecular weight is 193 g/mol. The Balaban J connectivity index is 2.85. The highest BCUT2D eigenvalue weighted by atomic mass is 19.1. The zero-order valence-corrected chi connectivity index (χ0v) is 7.96. The monoisotopic (exact) mass is 193 g/mol. The minimum Gasteiger partial charge on any atom is -0.481 e. The van der Waals surface area contributed by atoms with E-state index in [0.29, 0.717) is 11.3 Å². The zero-order chi connectivity index (χ0) is 10.6. The highest BCUT2D eigenvalue weighted by molar-refractivity contribution is 5.30. The lowest BCUT2D eigenvalue weighted by Gasteiger charge is -2.08. The van der Waals surface area contributed by atoms with Crippen LogP contribution in [0.4, 0.5) is 4.39 Å². The van der Waals surface area contributed by atoms with Crippen LogP contribution in [0.5, 0.6) is 5.75 Å². The second kappa shape index (κ2) is 4.64. The smallest absolute Gasteiger partial charge is 0.148 e. The number of nitrogens with two attached hydrogens (primary N) is 1. The quantitative estimate of drug-likeness (QED) is 0.743. The molecule has 14 heavy (non-hydrogen) atoms. The summed E-state index contributed by atoms with van der Waals surface area (Å²) in [5.74, 6) is 2.36. The largest absolute Gasteiger partial charge is 0.481 e. The van der Waals surface area contributed by atoms with Crippen molar-refractivity contribution >= 4 is 0 Å². The van der Waals surface area contributed by atoms with Crippen molar-refractivity contribution in [3.8, 4) is 18.1 Å². The molecular formula is C11H12FNO. The fourth-order valence-electron chi connectivity index (χ4n) is 1.09. The van der Waals surface area contributed by atoms with Crippen LogP contribution >= 0.6 is 0 Å². The maximum Gasteiger partial charge on any atom is 0.148 e. The minimum absolute atomic E-state index is 0.136. The highest BCUT2D eigenvalue weighted by Gasteiger charge is 2.07. The van der Waals surface area contributed by atoms with E-state index in [0.717, 1.165) is 0 Å². The topological polar surface area (TPSA) is 35.2 Å². The van der Waals surface area contributed by atoms with Gasteiger partial charge in [0.15, 0.2) is 0 Å². The number of benzene rings is 1. The predicted octanol–water partition coefficient (Wildman–Crippen LogP) is 1.86. The van der Waals surface area contributed by atoms with Crippen molar-refractivity contribution in [3.63, 3.8) is 0 Å². The first-order valence-corrected chi connectivity index (χ1v) is 4.26. The molecule has 0 radical (unpaired) electrons. The lowest BCUT2D eigenvalue weighted by atomic mass is 10.1. The second-order valence-corrected chi connectivity index (χ2v) is 2.96. The van der Waals surface area contributed by atoms with Gasteiger partial charge in [-0.25, -0.2) is 4.39 Å². The molecule has 0 amide bonds. The van der Waals surface area contributed by atoms with Crippen molar-refractivity contribution in [2.24, 2.45) is 5.73 Å². The molecular weight excluding hydrogens is 181 g/mol. The summed E-state index contributed by atoms with van der Waals surface area (Å²) in [5, 5.41) is 0. The van der Waals surface area contributed by atoms with Gasteiger partial charge in [0.05, 0.1) is 0 Å². The standard InChI is InChI=1S/C11H12FNO/c1-3-6-14-9-4-5-10(8(2)13)11(12)7-9/h1,4-5,7-8H,6,13H2,2H3/t8-/m0/s1. The molecule has 0 saturated heterocycles. The number of hydrogen-bond acceptors (Lipinski definition) is 2. The van der Waals surface area contributed by atoms with Gasteiger partial charge in [-0.1, -0.05) is 12.0 Å². The number of halogens is 1. The number of ether oxygens (including phenoxy) is 1. The van der Waals surface area contributed by atoms with Crippen LogP contribution in [0, 0.1) is 18.2 Å².